The summed E-state index contributed by atoms with van der Waals surface area (Å²) in [6, 6.07) is 2.86. The topological polar surface area (TPSA) is 67.4 Å². The largest absolute Gasteiger partial charge is 0.467 e. The van der Waals surface area contributed by atoms with Gasteiger partial charge in [0.15, 0.2) is 0 Å². The summed E-state index contributed by atoms with van der Waals surface area (Å²) >= 11 is 1.57. The highest BCUT2D eigenvalue weighted by Gasteiger charge is 2.24. The Morgan fingerprint density at radius 3 is 2.67 bits per heavy atom. The van der Waals surface area contributed by atoms with Gasteiger partial charge in [0.1, 0.15) is 6.04 Å². The van der Waals surface area contributed by atoms with Crippen LogP contribution in [0.5, 0.6) is 0 Å². The smallest absolute Gasteiger partial charge is 0.328 e. The number of carbonyl (C=O) groups excluding carboxylic acids is 2. The second-order valence-corrected chi connectivity index (χ2v) is 5.18. The van der Waals surface area contributed by atoms with Gasteiger partial charge in [-0.2, -0.15) is 0 Å². The molecular formula is C12H18N2O3S. The zero-order valence-electron chi connectivity index (χ0n) is 10.7. The SMILES string of the molecule is COC(=O)[C@@H](NC(=O)NCc1cccs1)C(C)C. The number of nitrogens with one attached hydrogen (secondary N) is 2. The van der Waals surface area contributed by atoms with E-state index in [1.165, 1.54) is 7.11 Å². The van der Waals surface area contributed by atoms with Crippen LogP contribution in [0.15, 0.2) is 17.5 Å². The Morgan fingerprint density at radius 1 is 1.44 bits per heavy atom. The van der Waals surface area contributed by atoms with Crippen LogP contribution in [0.25, 0.3) is 0 Å². The van der Waals surface area contributed by atoms with Crippen LogP contribution in [-0.2, 0) is 16.1 Å². The monoisotopic (exact) mass is 270 g/mol. The molecule has 1 aromatic rings. The lowest BCUT2D eigenvalue weighted by Gasteiger charge is -2.19. The van der Waals surface area contributed by atoms with Crippen molar-refractivity contribution < 1.29 is 14.3 Å². The van der Waals surface area contributed by atoms with Crippen LogP contribution in [0.3, 0.4) is 0 Å². The van der Waals surface area contributed by atoms with Gasteiger partial charge in [0, 0.05) is 4.88 Å². The van der Waals surface area contributed by atoms with Gasteiger partial charge in [-0.05, 0) is 17.4 Å². The van der Waals surface area contributed by atoms with E-state index in [9.17, 15) is 9.59 Å². The molecule has 100 valence electrons. The van der Waals surface area contributed by atoms with Crippen molar-refractivity contribution in [1.82, 2.24) is 10.6 Å². The maximum atomic E-state index is 11.6. The molecule has 0 saturated heterocycles. The first-order valence-electron chi connectivity index (χ1n) is 5.69. The standard InChI is InChI=1S/C12H18N2O3S/c1-8(2)10(11(15)17-3)14-12(16)13-7-9-5-4-6-18-9/h4-6,8,10H,7H2,1-3H3,(H2,13,14,16)/t10-/m0/s1. The van der Waals surface area contributed by atoms with Gasteiger partial charge < -0.3 is 15.4 Å². The van der Waals surface area contributed by atoms with Crippen molar-refractivity contribution in [1.29, 1.82) is 0 Å². The average Bonchev–Trinajstić information content (AvgIpc) is 2.85. The highest BCUT2D eigenvalue weighted by Crippen LogP contribution is 2.07. The van der Waals surface area contributed by atoms with Crippen molar-refractivity contribution in [2.75, 3.05) is 7.11 Å². The predicted molar refractivity (Wildman–Crippen MR) is 70.3 cm³/mol. The average molecular weight is 270 g/mol. The molecule has 0 aromatic carbocycles. The normalized spacial score (nSPS) is 12.0. The number of carbonyl (C=O) groups is 2. The predicted octanol–water partition coefficient (Wildman–Crippen LogP) is 1.74. The molecule has 1 aromatic heterocycles. The summed E-state index contributed by atoms with van der Waals surface area (Å²) in [5, 5.41) is 7.26. The zero-order valence-corrected chi connectivity index (χ0v) is 11.5. The van der Waals surface area contributed by atoms with Crippen molar-refractivity contribution in [2.24, 2.45) is 5.92 Å². The van der Waals surface area contributed by atoms with E-state index < -0.39 is 12.0 Å². The first-order chi connectivity index (χ1) is 8.54. The van der Waals surface area contributed by atoms with Crippen molar-refractivity contribution in [3.8, 4) is 0 Å². The third-order valence-corrected chi connectivity index (χ3v) is 3.29. The third kappa shape index (κ3) is 4.37. The van der Waals surface area contributed by atoms with Crippen LogP contribution < -0.4 is 10.6 Å². The van der Waals surface area contributed by atoms with E-state index >= 15 is 0 Å². The van der Waals surface area contributed by atoms with Crippen LogP contribution in [-0.4, -0.2) is 25.2 Å². The van der Waals surface area contributed by atoms with E-state index in [4.69, 9.17) is 0 Å². The molecule has 0 bridgehead atoms. The molecule has 1 heterocycles. The van der Waals surface area contributed by atoms with Gasteiger partial charge in [0.25, 0.3) is 0 Å². The molecule has 1 rings (SSSR count). The molecule has 0 saturated carbocycles. The van der Waals surface area contributed by atoms with E-state index in [2.05, 4.69) is 15.4 Å². The van der Waals surface area contributed by atoms with Gasteiger partial charge in [0.05, 0.1) is 13.7 Å². The number of urea groups is 1. The number of rotatable bonds is 5. The maximum absolute atomic E-state index is 11.6. The minimum absolute atomic E-state index is 0.0232. The fourth-order valence-electron chi connectivity index (χ4n) is 1.40. The number of methoxy groups -OCH3 is 1. The number of hydrogen-bond donors (Lipinski definition) is 2. The van der Waals surface area contributed by atoms with E-state index in [0.717, 1.165) is 4.88 Å². The Kier molecular flexibility index (Phi) is 5.64. The lowest BCUT2D eigenvalue weighted by atomic mass is 10.1. The van der Waals surface area contributed by atoms with E-state index in [1.807, 2.05) is 31.4 Å². The highest BCUT2D eigenvalue weighted by molar-refractivity contribution is 7.09. The van der Waals surface area contributed by atoms with Gasteiger partial charge in [-0.15, -0.1) is 11.3 Å². The van der Waals surface area contributed by atoms with Crippen LogP contribution >= 0.6 is 11.3 Å². The molecule has 2 amide bonds. The van der Waals surface area contributed by atoms with Gasteiger partial charge in [-0.3, -0.25) is 0 Å². The molecule has 0 aliphatic rings. The number of hydrogen-bond acceptors (Lipinski definition) is 4. The molecule has 0 unspecified atom stereocenters. The van der Waals surface area contributed by atoms with Crippen LogP contribution in [0.4, 0.5) is 4.79 Å². The van der Waals surface area contributed by atoms with Crippen LogP contribution in [0.2, 0.25) is 0 Å². The second-order valence-electron chi connectivity index (χ2n) is 4.15. The van der Waals surface area contributed by atoms with Crippen molar-refractivity contribution in [3.63, 3.8) is 0 Å². The minimum Gasteiger partial charge on any atom is -0.467 e. The van der Waals surface area contributed by atoms with Gasteiger partial charge in [-0.1, -0.05) is 19.9 Å². The molecule has 0 fully saturated rings. The first-order valence-corrected chi connectivity index (χ1v) is 6.57. The highest BCUT2D eigenvalue weighted by atomic mass is 32.1. The van der Waals surface area contributed by atoms with Gasteiger partial charge in [0.2, 0.25) is 0 Å². The first kappa shape index (κ1) is 14.5. The molecule has 18 heavy (non-hydrogen) atoms. The number of amides is 2. The lowest BCUT2D eigenvalue weighted by Crippen LogP contribution is -2.48. The fourth-order valence-corrected chi connectivity index (χ4v) is 2.04. The molecule has 0 aliphatic heterocycles. The summed E-state index contributed by atoms with van der Waals surface area (Å²) < 4.78 is 4.65. The number of ether oxygens (including phenoxy) is 1. The van der Waals surface area contributed by atoms with Crippen molar-refractivity contribution >= 4 is 23.3 Å². The van der Waals surface area contributed by atoms with Gasteiger partial charge in [-0.25, -0.2) is 9.59 Å². The van der Waals surface area contributed by atoms with Crippen LogP contribution in [0.1, 0.15) is 18.7 Å². The molecule has 1 atom stereocenters. The Hall–Kier alpha value is -1.56. The minimum atomic E-state index is -0.627. The Balaban J connectivity index is 2.44. The molecule has 0 spiro atoms. The van der Waals surface area contributed by atoms with E-state index in [1.54, 1.807) is 11.3 Å². The quantitative estimate of drug-likeness (QED) is 0.801. The maximum Gasteiger partial charge on any atom is 0.328 e. The third-order valence-electron chi connectivity index (χ3n) is 2.41. The van der Waals surface area contributed by atoms with Gasteiger partial charge >= 0.3 is 12.0 Å². The van der Waals surface area contributed by atoms with Crippen molar-refractivity contribution in [3.05, 3.63) is 22.4 Å². The lowest BCUT2D eigenvalue weighted by molar-refractivity contribution is -0.143. The Bertz CT molecular complexity index is 390. The second kappa shape index (κ2) is 7.00. The molecule has 0 aliphatic carbocycles. The molecular weight excluding hydrogens is 252 g/mol. The summed E-state index contributed by atoms with van der Waals surface area (Å²) in [5.41, 5.74) is 0. The summed E-state index contributed by atoms with van der Waals surface area (Å²) in [7, 11) is 1.31. The molecule has 5 nitrogen and oxygen atoms in total. The zero-order chi connectivity index (χ0) is 13.5. The van der Waals surface area contributed by atoms with Crippen molar-refractivity contribution in [2.45, 2.75) is 26.4 Å². The number of thiophene rings is 1. The van der Waals surface area contributed by atoms with E-state index in [0.29, 0.717) is 6.54 Å². The fraction of sp³-hybridized carbons (Fsp3) is 0.500. The van der Waals surface area contributed by atoms with Crippen LogP contribution in [0, 0.1) is 5.92 Å². The molecule has 6 heteroatoms. The summed E-state index contributed by atoms with van der Waals surface area (Å²) in [5.74, 6) is -0.457. The summed E-state index contributed by atoms with van der Waals surface area (Å²) in [4.78, 5) is 24.2. The molecule has 2 N–H and O–H groups in total. The Morgan fingerprint density at radius 2 is 2.17 bits per heavy atom. The van der Waals surface area contributed by atoms with E-state index in [-0.39, 0.29) is 11.9 Å². The Labute approximate surface area is 111 Å². The summed E-state index contributed by atoms with van der Waals surface area (Å²) in [6.07, 6.45) is 0. The molecule has 0 radical (unpaired) electrons. The number of esters is 1. The summed E-state index contributed by atoms with van der Waals surface area (Å²) in [6.45, 7) is 4.15.